The number of carbonyl (C=O) groups is 1. The lowest BCUT2D eigenvalue weighted by molar-refractivity contribution is -0.385. The zero-order valence-electron chi connectivity index (χ0n) is 9.47. The Hall–Kier alpha value is -2.37. The average molecular weight is 236 g/mol. The maximum atomic E-state index is 11.2. The summed E-state index contributed by atoms with van der Waals surface area (Å²) >= 11 is 0. The van der Waals surface area contributed by atoms with E-state index in [0.717, 1.165) is 0 Å². The van der Waals surface area contributed by atoms with E-state index in [1.807, 2.05) is 0 Å². The van der Waals surface area contributed by atoms with Crippen molar-refractivity contribution in [2.75, 3.05) is 12.4 Å². The second-order valence-electron chi connectivity index (χ2n) is 3.13. The first-order valence-corrected chi connectivity index (χ1v) is 4.84. The number of ether oxygens (including phenoxy) is 1. The minimum atomic E-state index is -0.565. The molecule has 1 aromatic carbocycles. The molecule has 0 aliphatic heterocycles. The van der Waals surface area contributed by atoms with Crippen LogP contribution in [0.2, 0.25) is 0 Å². The molecule has 0 saturated carbocycles. The fourth-order valence-corrected chi connectivity index (χ4v) is 1.25. The van der Waals surface area contributed by atoms with Crippen LogP contribution in [0.3, 0.4) is 0 Å². The van der Waals surface area contributed by atoms with Gasteiger partial charge in [0.25, 0.3) is 0 Å². The van der Waals surface area contributed by atoms with Gasteiger partial charge in [0.15, 0.2) is 5.75 Å². The molecule has 6 heteroatoms. The van der Waals surface area contributed by atoms with Gasteiger partial charge in [-0.15, -0.1) is 0 Å². The Morgan fingerprint density at radius 2 is 2.24 bits per heavy atom. The number of methoxy groups -OCH3 is 1. The van der Waals surface area contributed by atoms with Crippen LogP contribution in [0.15, 0.2) is 30.4 Å². The van der Waals surface area contributed by atoms with E-state index in [4.69, 9.17) is 4.74 Å². The third kappa shape index (κ3) is 3.30. The molecule has 1 rings (SSSR count). The van der Waals surface area contributed by atoms with Crippen LogP contribution in [-0.2, 0) is 4.79 Å². The van der Waals surface area contributed by atoms with E-state index >= 15 is 0 Å². The summed E-state index contributed by atoms with van der Waals surface area (Å²) < 4.78 is 4.85. The molecule has 0 unspecified atom stereocenters. The SMILES string of the molecule is CC=CC(=O)Nc1ccc(OC)c([N+](=O)[O-])c1. The molecule has 0 spiro atoms. The number of carbonyl (C=O) groups excluding carboxylic acids is 1. The van der Waals surface area contributed by atoms with Crippen molar-refractivity contribution in [1.82, 2.24) is 0 Å². The van der Waals surface area contributed by atoms with Crippen molar-refractivity contribution in [2.24, 2.45) is 0 Å². The first kappa shape index (κ1) is 12.7. The topological polar surface area (TPSA) is 81.5 Å². The minimum Gasteiger partial charge on any atom is -0.490 e. The molecule has 1 N–H and O–H groups in total. The quantitative estimate of drug-likeness (QED) is 0.493. The highest BCUT2D eigenvalue weighted by Crippen LogP contribution is 2.29. The Kier molecular flexibility index (Phi) is 4.21. The number of amides is 1. The number of allylic oxidation sites excluding steroid dienone is 1. The van der Waals surface area contributed by atoms with E-state index < -0.39 is 4.92 Å². The number of benzene rings is 1. The van der Waals surface area contributed by atoms with E-state index in [1.54, 1.807) is 13.0 Å². The molecule has 0 aliphatic rings. The van der Waals surface area contributed by atoms with Gasteiger partial charge in [-0.1, -0.05) is 6.08 Å². The average Bonchev–Trinajstić information content (AvgIpc) is 2.29. The zero-order chi connectivity index (χ0) is 12.8. The van der Waals surface area contributed by atoms with Crippen LogP contribution in [0.1, 0.15) is 6.92 Å². The number of hydrogen-bond donors (Lipinski definition) is 1. The zero-order valence-corrected chi connectivity index (χ0v) is 9.47. The minimum absolute atomic E-state index is 0.152. The lowest BCUT2D eigenvalue weighted by Gasteiger charge is -2.05. The number of nitro benzene ring substituents is 1. The number of nitrogens with one attached hydrogen (secondary N) is 1. The van der Waals surface area contributed by atoms with E-state index in [9.17, 15) is 14.9 Å². The number of rotatable bonds is 4. The highest BCUT2D eigenvalue weighted by Gasteiger charge is 2.15. The van der Waals surface area contributed by atoms with Gasteiger partial charge >= 0.3 is 5.69 Å². The summed E-state index contributed by atoms with van der Waals surface area (Å²) in [4.78, 5) is 21.4. The highest BCUT2D eigenvalue weighted by molar-refractivity contribution is 5.99. The van der Waals surface area contributed by atoms with Crippen molar-refractivity contribution >= 4 is 17.3 Å². The lowest BCUT2D eigenvalue weighted by atomic mass is 10.2. The van der Waals surface area contributed by atoms with Gasteiger partial charge in [0.05, 0.1) is 12.0 Å². The van der Waals surface area contributed by atoms with Gasteiger partial charge in [0.2, 0.25) is 5.91 Å². The fraction of sp³-hybridized carbons (Fsp3) is 0.182. The largest absolute Gasteiger partial charge is 0.490 e. The monoisotopic (exact) mass is 236 g/mol. The molecule has 0 heterocycles. The molecule has 1 aromatic rings. The number of nitro groups is 1. The smallest absolute Gasteiger partial charge is 0.312 e. The Labute approximate surface area is 98.0 Å². The van der Waals surface area contributed by atoms with E-state index in [1.165, 1.54) is 31.4 Å². The molecular formula is C11H12N2O4. The van der Waals surface area contributed by atoms with Gasteiger partial charge < -0.3 is 10.1 Å². The Morgan fingerprint density at radius 3 is 2.76 bits per heavy atom. The van der Waals surface area contributed by atoms with Gasteiger partial charge in [0.1, 0.15) is 0 Å². The van der Waals surface area contributed by atoms with Crippen LogP contribution in [0.25, 0.3) is 0 Å². The third-order valence-corrected chi connectivity index (χ3v) is 1.96. The predicted molar refractivity (Wildman–Crippen MR) is 63.1 cm³/mol. The molecule has 6 nitrogen and oxygen atoms in total. The normalized spacial score (nSPS) is 10.2. The summed E-state index contributed by atoms with van der Waals surface area (Å²) in [6.07, 6.45) is 2.91. The van der Waals surface area contributed by atoms with Gasteiger partial charge in [0, 0.05) is 11.8 Å². The summed E-state index contributed by atoms with van der Waals surface area (Å²) in [7, 11) is 1.35. The van der Waals surface area contributed by atoms with Crippen molar-refractivity contribution in [3.63, 3.8) is 0 Å². The lowest BCUT2D eigenvalue weighted by Crippen LogP contribution is -2.08. The number of nitrogens with zero attached hydrogens (tertiary/aromatic N) is 1. The second kappa shape index (κ2) is 5.64. The summed E-state index contributed by atoms with van der Waals surface area (Å²) in [5.74, 6) is -0.189. The van der Waals surface area contributed by atoms with Gasteiger partial charge in [-0.05, 0) is 25.1 Å². The molecular weight excluding hydrogens is 224 g/mol. The van der Waals surface area contributed by atoms with Gasteiger partial charge in [-0.2, -0.15) is 0 Å². The Balaban J connectivity index is 3.00. The van der Waals surface area contributed by atoms with Crippen LogP contribution in [-0.4, -0.2) is 17.9 Å². The standard InChI is InChI=1S/C11H12N2O4/c1-3-4-11(14)12-8-5-6-10(17-2)9(7-8)13(15)16/h3-7H,1-2H3,(H,12,14). The first-order valence-electron chi connectivity index (χ1n) is 4.84. The maximum absolute atomic E-state index is 11.2. The molecule has 0 aliphatic carbocycles. The molecule has 17 heavy (non-hydrogen) atoms. The highest BCUT2D eigenvalue weighted by atomic mass is 16.6. The van der Waals surface area contributed by atoms with Gasteiger partial charge in [-0.25, -0.2) is 0 Å². The van der Waals surface area contributed by atoms with Crippen LogP contribution >= 0.6 is 0 Å². The Morgan fingerprint density at radius 1 is 1.53 bits per heavy atom. The molecule has 0 fully saturated rings. The molecule has 0 atom stereocenters. The number of anilines is 1. The van der Waals surface area contributed by atoms with E-state index in [2.05, 4.69) is 5.32 Å². The first-order chi connectivity index (χ1) is 8.08. The maximum Gasteiger partial charge on any atom is 0.312 e. The van der Waals surface area contributed by atoms with Crippen molar-refractivity contribution in [1.29, 1.82) is 0 Å². The fourth-order valence-electron chi connectivity index (χ4n) is 1.25. The van der Waals surface area contributed by atoms with Crippen molar-refractivity contribution < 1.29 is 14.5 Å². The van der Waals surface area contributed by atoms with Gasteiger partial charge in [-0.3, -0.25) is 14.9 Å². The van der Waals surface area contributed by atoms with Crippen LogP contribution in [0.4, 0.5) is 11.4 Å². The summed E-state index contributed by atoms with van der Waals surface area (Å²) in [6.45, 7) is 1.70. The van der Waals surface area contributed by atoms with Crippen molar-refractivity contribution in [3.8, 4) is 5.75 Å². The number of hydrogen-bond acceptors (Lipinski definition) is 4. The third-order valence-electron chi connectivity index (χ3n) is 1.96. The van der Waals surface area contributed by atoms with Crippen LogP contribution < -0.4 is 10.1 Å². The molecule has 0 radical (unpaired) electrons. The summed E-state index contributed by atoms with van der Waals surface area (Å²) in [5, 5.41) is 13.2. The van der Waals surface area contributed by atoms with Crippen molar-refractivity contribution in [3.05, 3.63) is 40.5 Å². The van der Waals surface area contributed by atoms with Crippen LogP contribution in [0.5, 0.6) is 5.75 Å². The van der Waals surface area contributed by atoms with E-state index in [-0.39, 0.29) is 17.3 Å². The predicted octanol–water partition coefficient (Wildman–Crippen LogP) is 2.12. The summed E-state index contributed by atoms with van der Waals surface area (Å²) in [6, 6.07) is 4.22. The molecule has 90 valence electrons. The molecule has 0 bridgehead atoms. The molecule has 0 saturated heterocycles. The van der Waals surface area contributed by atoms with E-state index in [0.29, 0.717) is 5.69 Å². The van der Waals surface area contributed by atoms with Crippen LogP contribution in [0, 0.1) is 10.1 Å². The Bertz CT molecular complexity index is 469. The molecule has 1 amide bonds. The molecule has 0 aromatic heterocycles. The second-order valence-corrected chi connectivity index (χ2v) is 3.13. The van der Waals surface area contributed by atoms with Crippen molar-refractivity contribution in [2.45, 2.75) is 6.92 Å². The summed E-state index contributed by atoms with van der Waals surface area (Å²) in [5.41, 5.74) is 0.159.